The fourth-order valence-electron chi connectivity index (χ4n) is 2.53. The molecule has 2 atom stereocenters. The van der Waals surface area contributed by atoms with E-state index in [1.54, 1.807) is 0 Å². The Balaban J connectivity index is 2.11. The van der Waals surface area contributed by atoms with Crippen molar-refractivity contribution in [2.45, 2.75) is 38.6 Å². The van der Waals surface area contributed by atoms with Gasteiger partial charge in [-0.15, -0.1) is 0 Å². The zero-order valence-electron chi connectivity index (χ0n) is 11.3. The molecule has 5 heteroatoms. The highest BCUT2D eigenvalue weighted by atomic mass is 16.5. The topological polar surface area (TPSA) is 71.5 Å². The molecule has 0 saturated heterocycles. The lowest BCUT2D eigenvalue weighted by molar-refractivity contribution is 0.0901. The van der Waals surface area contributed by atoms with Crippen LogP contribution in [0.15, 0.2) is 12.3 Å². The van der Waals surface area contributed by atoms with Crippen LogP contribution in [0.25, 0.3) is 0 Å². The molecule has 0 bridgehead atoms. The highest BCUT2D eigenvalue weighted by Gasteiger charge is 2.25. The van der Waals surface area contributed by atoms with Gasteiger partial charge in [-0.05, 0) is 18.8 Å². The number of hydrogen-bond donors (Lipinski definition) is 2. The summed E-state index contributed by atoms with van der Waals surface area (Å²) in [4.78, 5) is 16.1. The van der Waals surface area contributed by atoms with Crippen LogP contribution >= 0.6 is 0 Å². The second-order valence-corrected chi connectivity index (χ2v) is 5.05. The Kier molecular flexibility index (Phi) is 4.24. The number of aromatic nitrogens is 1. The number of amides is 1. The number of hydrogen-bond acceptors (Lipinski definition) is 4. The van der Waals surface area contributed by atoms with Gasteiger partial charge >= 0.3 is 0 Å². The largest absolute Gasteiger partial charge is 0.503 e. The molecule has 1 aromatic rings. The van der Waals surface area contributed by atoms with E-state index >= 15 is 0 Å². The summed E-state index contributed by atoms with van der Waals surface area (Å²) in [5.41, 5.74) is 0.0251. The lowest BCUT2D eigenvalue weighted by Gasteiger charge is -2.29. The maximum Gasteiger partial charge on any atom is 0.274 e. The fourth-order valence-corrected chi connectivity index (χ4v) is 2.53. The summed E-state index contributed by atoms with van der Waals surface area (Å²) in [6, 6.07) is 1.68. The second-order valence-electron chi connectivity index (χ2n) is 5.05. The van der Waals surface area contributed by atoms with Crippen LogP contribution in [0.2, 0.25) is 0 Å². The van der Waals surface area contributed by atoms with E-state index in [0.29, 0.717) is 5.92 Å². The van der Waals surface area contributed by atoms with Crippen LogP contribution in [-0.2, 0) is 0 Å². The highest BCUT2D eigenvalue weighted by molar-refractivity contribution is 5.95. The molecule has 2 rings (SSSR count). The maximum absolute atomic E-state index is 12.2. The number of methoxy groups -OCH3 is 1. The van der Waals surface area contributed by atoms with Gasteiger partial charge in [0.15, 0.2) is 17.2 Å². The zero-order valence-corrected chi connectivity index (χ0v) is 11.3. The van der Waals surface area contributed by atoms with Crippen molar-refractivity contribution in [3.63, 3.8) is 0 Å². The minimum atomic E-state index is -0.338. The molecule has 0 aliphatic heterocycles. The lowest BCUT2D eigenvalue weighted by atomic mass is 9.86. The van der Waals surface area contributed by atoms with Gasteiger partial charge < -0.3 is 15.2 Å². The molecule has 1 aliphatic carbocycles. The maximum atomic E-state index is 12.2. The fraction of sp³-hybridized carbons (Fsp3) is 0.571. The SMILES string of the molecule is COc1ccnc(C(=O)NC2CCCCC2C)c1O. The van der Waals surface area contributed by atoms with E-state index in [2.05, 4.69) is 17.2 Å². The van der Waals surface area contributed by atoms with Crippen LogP contribution in [0, 0.1) is 5.92 Å². The summed E-state index contributed by atoms with van der Waals surface area (Å²) in [5, 5.41) is 12.9. The van der Waals surface area contributed by atoms with E-state index in [1.165, 1.54) is 25.8 Å². The summed E-state index contributed by atoms with van der Waals surface area (Å²) in [7, 11) is 1.44. The standard InChI is InChI=1S/C14H20N2O3/c1-9-5-3-4-6-10(9)16-14(18)12-13(17)11(19-2)7-8-15-12/h7-10,17H,3-6H2,1-2H3,(H,16,18). The number of nitrogens with zero attached hydrogens (tertiary/aromatic N) is 1. The van der Waals surface area contributed by atoms with E-state index < -0.39 is 0 Å². The van der Waals surface area contributed by atoms with Crippen molar-refractivity contribution in [3.05, 3.63) is 18.0 Å². The summed E-state index contributed by atoms with van der Waals surface area (Å²) in [5.74, 6) is 0.184. The summed E-state index contributed by atoms with van der Waals surface area (Å²) in [6.07, 6.45) is 5.92. The molecule has 2 unspecified atom stereocenters. The van der Waals surface area contributed by atoms with Crippen LogP contribution in [0.5, 0.6) is 11.5 Å². The van der Waals surface area contributed by atoms with Gasteiger partial charge in [0.1, 0.15) is 0 Å². The molecule has 1 fully saturated rings. The molecule has 2 N–H and O–H groups in total. The van der Waals surface area contributed by atoms with Crippen molar-refractivity contribution in [2.75, 3.05) is 7.11 Å². The molecule has 1 heterocycles. The van der Waals surface area contributed by atoms with Crippen LogP contribution < -0.4 is 10.1 Å². The van der Waals surface area contributed by atoms with Gasteiger partial charge in [0.2, 0.25) is 0 Å². The predicted molar refractivity (Wildman–Crippen MR) is 71.3 cm³/mol. The van der Waals surface area contributed by atoms with Crippen LogP contribution in [0.4, 0.5) is 0 Å². The third-order valence-electron chi connectivity index (χ3n) is 3.75. The van der Waals surface area contributed by atoms with Crippen LogP contribution in [0.3, 0.4) is 0 Å². The summed E-state index contributed by atoms with van der Waals surface area (Å²) >= 11 is 0. The average molecular weight is 264 g/mol. The molecule has 0 aromatic carbocycles. The molecule has 1 saturated carbocycles. The van der Waals surface area contributed by atoms with E-state index in [0.717, 1.165) is 19.3 Å². The molecule has 1 amide bonds. The van der Waals surface area contributed by atoms with Crippen molar-refractivity contribution < 1.29 is 14.6 Å². The Hall–Kier alpha value is -1.78. The average Bonchev–Trinajstić information content (AvgIpc) is 2.41. The van der Waals surface area contributed by atoms with E-state index in [-0.39, 0.29) is 29.1 Å². The van der Waals surface area contributed by atoms with Gasteiger partial charge in [-0.2, -0.15) is 0 Å². The van der Waals surface area contributed by atoms with Gasteiger partial charge in [-0.25, -0.2) is 4.98 Å². The number of pyridine rings is 1. The van der Waals surface area contributed by atoms with Gasteiger partial charge in [-0.3, -0.25) is 4.79 Å². The zero-order chi connectivity index (χ0) is 13.8. The molecule has 5 nitrogen and oxygen atoms in total. The van der Waals surface area contributed by atoms with Gasteiger partial charge in [-0.1, -0.05) is 19.8 Å². The Morgan fingerprint density at radius 1 is 1.47 bits per heavy atom. The number of ether oxygens (including phenoxy) is 1. The third kappa shape index (κ3) is 2.97. The Labute approximate surface area is 113 Å². The highest BCUT2D eigenvalue weighted by Crippen LogP contribution is 2.28. The van der Waals surface area contributed by atoms with E-state index in [1.807, 2.05) is 0 Å². The number of nitrogens with one attached hydrogen (secondary N) is 1. The lowest BCUT2D eigenvalue weighted by Crippen LogP contribution is -2.41. The minimum absolute atomic E-state index is 0.0251. The van der Waals surface area contributed by atoms with Crippen molar-refractivity contribution in [1.82, 2.24) is 10.3 Å². The second kappa shape index (κ2) is 5.91. The molecular weight excluding hydrogens is 244 g/mol. The quantitative estimate of drug-likeness (QED) is 0.877. The Bertz CT molecular complexity index is 462. The Morgan fingerprint density at radius 3 is 2.89 bits per heavy atom. The molecule has 19 heavy (non-hydrogen) atoms. The molecule has 0 radical (unpaired) electrons. The van der Waals surface area contributed by atoms with Crippen molar-refractivity contribution in [3.8, 4) is 11.5 Å². The van der Waals surface area contributed by atoms with Crippen molar-refractivity contribution in [2.24, 2.45) is 5.92 Å². The summed E-state index contributed by atoms with van der Waals surface area (Å²) in [6.45, 7) is 2.14. The smallest absolute Gasteiger partial charge is 0.274 e. The van der Waals surface area contributed by atoms with Gasteiger partial charge in [0, 0.05) is 18.3 Å². The summed E-state index contributed by atoms with van der Waals surface area (Å²) < 4.78 is 4.98. The third-order valence-corrected chi connectivity index (χ3v) is 3.75. The first-order valence-corrected chi connectivity index (χ1v) is 6.66. The Morgan fingerprint density at radius 2 is 2.21 bits per heavy atom. The number of rotatable bonds is 3. The number of aromatic hydroxyl groups is 1. The predicted octanol–water partition coefficient (Wildman–Crippen LogP) is 2.10. The molecule has 0 spiro atoms. The first-order valence-electron chi connectivity index (χ1n) is 6.66. The normalized spacial score (nSPS) is 22.8. The monoisotopic (exact) mass is 264 g/mol. The first-order chi connectivity index (χ1) is 9.13. The van der Waals surface area contributed by atoms with Crippen molar-refractivity contribution >= 4 is 5.91 Å². The van der Waals surface area contributed by atoms with Crippen LogP contribution in [0.1, 0.15) is 43.1 Å². The van der Waals surface area contributed by atoms with E-state index in [4.69, 9.17) is 4.74 Å². The van der Waals surface area contributed by atoms with Crippen molar-refractivity contribution in [1.29, 1.82) is 0 Å². The molecule has 104 valence electrons. The van der Waals surface area contributed by atoms with E-state index in [9.17, 15) is 9.90 Å². The van der Waals surface area contributed by atoms with Crippen LogP contribution in [-0.4, -0.2) is 29.1 Å². The molecule has 1 aliphatic rings. The molecule has 1 aromatic heterocycles. The van der Waals surface area contributed by atoms with Gasteiger partial charge in [0.25, 0.3) is 5.91 Å². The first kappa shape index (κ1) is 13.6. The number of carbonyl (C=O) groups is 1. The van der Waals surface area contributed by atoms with Gasteiger partial charge in [0.05, 0.1) is 7.11 Å². The molecular formula is C14H20N2O3. The minimum Gasteiger partial charge on any atom is -0.503 e. The number of carbonyl (C=O) groups excluding carboxylic acids is 1.